The summed E-state index contributed by atoms with van der Waals surface area (Å²) in [5.74, 6) is 0. The summed E-state index contributed by atoms with van der Waals surface area (Å²) >= 11 is 0. The van der Waals surface area contributed by atoms with Crippen LogP contribution in [0, 0.1) is 0 Å². The van der Waals surface area contributed by atoms with Gasteiger partial charge in [0.2, 0.25) is 0 Å². The fourth-order valence-electron chi connectivity index (χ4n) is 0.267. The van der Waals surface area contributed by atoms with Crippen molar-refractivity contribution in [3.63, 3.8) is 0 Å². The number of aliphatic imine (C=N–C) groups is 1. The van der Waals surface area contributed by atoms with E-state index in [2.05, 4.69) is 4.99 Å². The third-order valence-corrected chi connectivity index (χ3v) is 0.598. The molecular weight excluding hydrogens is 143 g/mol. The van der Waals surface area contributed by atoms with Crippen LogP contribution in [-0.2, 0) is 0 Å². The number of hydrogen-bond donors (Lipinski definition) is 0. The van der Waals surface area contributed by atoms with E-state index >= 15 is 0 Å². The quantitative estimate of drug-likeness (QED) is 0.474. The maximum Gasteiger partial charge on any atom is 0.426 e. The van der Waals surface area contributed by atoms with E-state index in [0.717, 1.165) is 0 Å². The first kappa shape index (κ1) is 9.46. The molecule has 0 aliphatic rings. The molecule has 60 valence electrons. The second-order valence-electron chi connectivity index (χ2n) is 2.97. The van der Waals surface area contributed by atoms with Crippen molar-refractivity contribution in [2.45, 2.75) is 32.5 Å². The summed E-state index contributed by atoms with van der Waals surface area (Å²) in [6.45, 7) is 4.82. The number of hydrogen-bond acceptors (Lipinski definition) is 1. The predicted molar refractivity (Wildman–Crippen MR) is 34.3 cm³/mol. The molecule has 0 spiro atoms. The van der Waals surface area contributed by atoms with Crippen LogP contribution in [0.3, 0.4) is 0 Å². The molecule has 0 atom stereocenters. The van der Waals surface area contributed by atoms with E-state index in [0.29, 0.717) is 0 Å². The van der Waals surface area contributed by atoms with Crippen LogP contribution in [0.1, 0.15) is 20.8 Å². The molecule has 10 heavy (non-hydrogen) atoms. The highest BCUT2D eigenvalue weighted by atomic mass is 19.4. The summed E-state index contributed by atoms with van der Waals surface area (Å²) in [6.07, 6.45) is -4.26. The van der Waals surface area contributed by atoms with Gasteiger partial charge in [0.1, 0.15) is 6.21 Å². The lowest BCUT2D eigenvalue weighted by atomic mass is 10.1. The zero-order valence-electron chi connectivity index (χ0n) is 6.16. The van der Waals surface area contributed by atoms with Gasteiger partial charge in [-0.25, -0.2) is 0 Å². The summed E-state index contributed by atoms with van der Waals surface area (Å²) in [6, 6.07) is 0. The molecule has 0 amide bonds. The lowest BCUT2D eigenvalue weighted by Crippen LogP contribution is -2.16. The minimum absolute atomic E-state index is 0.0208. The smallest absolute Gasteiger partial charge is 0.282 e. The molecule has 0 aliphatic carbocycles. The maximum atomic E-state index is 11.4. The largest absolute Gasteiger partial charge is 0.426 e. The average Bonchev–Trinajstić information content (AvgIpc) is 1.57. The van der Waals surface area contributed by atoms with Crippen molar-refractivity contribution in [3.05, 3.63) is 0 Å². The van der Waals surface area contributed by atoms with E-state index in [1.165, 1.54) is 0 Å². The van der Waals surface area contributed by atoms with Crippen LogP contribution in [0.15, 0.2) is 4.99 Å². The number of halogens is 3. The van der Waals surface area contributed by atoms with Crippen molar-refractivity contribution < 1.29 is 13.2 Å². The highest BCUT2D eigenvalue weighted by molar-refractivity contribution is 5.64. The van der Waals surface area contributed by atoms with Gasteiger partial charge in [0, 0.05) is 0 Å². The fraction of sp³-hybridized carbons (Fsp3) is 0.833. The molecule has 0 fully saturated rings. The maximum absolute atomic E-state index is 11.4. The second-order valence-corrected chi connectivity index (χ2v) is 2.97. The number of alkyl halides is 3. The normalized spacial score (nSPS) is 14.6. The molecular formula is C6H10F3N. The standard InChI is InChI=1S/C6H10F3N/c1-5(2,3)10-4-6(7,8)9/h4H,1-3H3. The Morgan fingerprint density at radius 1 is 1.10 bits per heavy atom. The van der Waals surface area contributed by atoms with Crippen LogP contribution in [0.5, 0.6) is 0 Å². The van der Waals surface area contributed by atoms with Crippen LogP contribution >= 0.6 is 0 Å². The van der Waals surface area contributed by atoms with Gasteiger partial charge in [-0.1, -0.05) is 0 Å². The van der Waals surface area contributed by atoms with Crippen LogP contribution in [0.4, 0.5) is 13.2 Å². The van der Waals surface area contributed by atoms with Crippen LogP contribution < -0.4 is 0 Å². The molecule has 0 saturated heterocycles. The molecule has 0 aromatic heterocycles. The van der Waals surface area contributed by atoms with E-state index in [9.17, 15) is 13.2 Å². The van der Waals surface area contributed by atoms with Gasteiger partial charge in [0.05, 0.1) is 5.54 Å². The van der Waals surface area contributed by atoms with E-state index < -0.39 is 11.7 Å². The first-order valence-electron chi connectivity index (χ1n) is 2.84. The van der Waals surface area contributed by atoms with Crippen molar-refractivity contribution >= 4 is 6.21 Å². The topological polar surface area (TPSA) is 12.4 Å². The molecule has 0 heterocycles. The monoisotopic (exact) mass is 153 g/mol. The van der Waals surface area contributed by atoms with E-state index in [4.69, 9.17) is 0 Å². The number of rotatable bonds is 0. The molecule has 0 unspecified atom stereocenters. The Bertz CT molecular complexity index is 113. The molecule has 0 radical (unpaired) electrons. The van der Waals surface area contributed by atoms with Crippen molar-refractivity contribution in [1.82, 2.24) is 0 Å². The molecule has 0 N–H and O–H groups in total. The SMILES string of the molecule is CC(C)(C)N=CC(F)(F)F. The highest BCUT2D eigenvalue weighted by Crippen LogP contribution is 2.14. The van der Waals surface area contributed by atoms with Crippen LogP contribution in [-0.4, -0.2) is 17.9 Å². The van der Waals surface area contributed by atoms with Gasteiger partial charge < -0.3 is 0 Å². The van der Waals surface area contributed by atoms with Crippen molar-refractivity contribution in [1.29, 1.82) is 0 Å². The summed E-state index contributed by atoms with van der Waals surface area (Å²) in [4.78, 5) is 3.28. The van der Waals surface area contributed by atoms with E-state index in [-0.39, 0.29) is 6.21 Å². The molecule has 1 nitrogen and oxygen atoms in total. The van der Waals surface area contributed by atoms with Gasteiger partial charge in [-0.2, -0.15) is 13.2 Å². The lowest BCUT2D eigenvalue weighted by molar-refractivity contribution is -0.0541. The first-order valence-corrected chi connectivity index (χ1v) is 2.84. The fourth-order valence-corrected chi connectivity index (χ4v) is 0.267. The molecule has 0 aromatic rings. The third kappa shape index (κ3) is 7.46. The summed E-state index contributed by atoms with van der Waals surface area (Å²) in [5.41, 5.74) is -0.643. The minimum atomic E-state index is -4.28. The number of nitrogens with zero attached hydrogens (tertiary/aromatic N) is 1. The molecule has 0 aromatic carbocycles. The van der Waals surface area contributed by atoms with E-state index in [1.807, 2.05) is 0 Å². The Labute approximate surface area is 58.0 Å². The molecule has 4 heteroatoms. The Morgan fingerprint density at radius 2 is 1.50 bits per heavy atom. The Hall–Kier alpha value is -0.540. The van der Waals surface area contributed by atoms with Gasteiger partial charge in [0.15, 0.2) is 0 Å². The average molecular weight is 153 g/mol. The Morgan fingerprint density at radius 3 is 1.60 bits per heavy atom. The van der Waals surface area contributed by atoms with Crippen molar-refractivity contribution in [2.24, 2.45) is 4.99 Å². The minimum Gasteiger partial charge on any atom is -0.282 e. The summed E-state index contributed by atoms with van der Waals surface area (Å²) in [7, 11) is 0. The van der Waals surface area contributed by atoms with Gasteiger partial charge >= 0.3 is 6.18 Å². The lowest BCUT2D eigenvalue weighted by Gasteiger charge is -2.11. The van der Waals surface area contributed by atoms with Gasteiger partial charge in [-0.15, -0.1) is 0 Å². The molecule has 0 aliphatic heterocycles. The van der Waals surface area contributed by atoms with Crippen molar-refractivity contribution in [2.75, 3.05) is 0 Å². The predicted octanol–water partition coefficient (Wildman–Crippen LogP) is 2.42. The van der Waals surface area contributed by atoms with Gasteiger partial charge in [0.25, 0.3) is 0 Å². The summed E-state index contributed by atoms with van der Waals surface area (Å²) < 4.78 is 34.3. The molecule has 0 rings (SSSR count). The second kappa shape index (κ2) is 2.60. The molecule has 0 saturated carbocycles. The zero-order valence-corrected chi connectivity index (χ0v) is 6.16. The Balaban J connectivity index is 4.01. The van der Waals surface area contributed by atoms with Gasteiger partial charge in [-0.05, 0) is 20.8 Å². The third-order valence-electron chi connectivity index (χ3n) is 0.598. The van der Waals surface area contributed by atoms with Crippen LogP contribution in [0.25, 0.3) is 0 Å². The Kier molecular flexibility index (Phi) is 2.46. The zero-order chi connectivity index (χ0) is 8.41. The summed E-state index contributed by atoms with van der Waals surface area (Å²) in [5, 5.41) is 0. The molecule has 0 bridgehead atoms. The van der Waals surface area contributed by atoms with Crippen LogP contribution in [0.2, 0.25) is 0 Å². The van der Waals surface area contributed by atoms with Gasteiger partial charge in [-0.3, -0.25) is 4.99 Å². The highest BCUT2D eigenvalue weighted by Gasteiger charge is 2.24. The first-order chi connectivity index (χ1) is 4.21. The van der Waals surface area contributed by atoms with Crippen molar-refractivity contribution in [3.8, 4) is 0 Å². The van der Waals surface area contributed by atoms with E-state index in [1.54, 1.807) is 20.8 Å².